The molecule has 6 heteroatoms. The lowest BCUT2D eigenvalue weighted by atomic mass is 9.94. The molecular formula is C50H62N2O4. The fraction of sp³-hybridized carbons (Fsp3) is 0.400. The van der Waals surface area contributed by atoms with E-state index in [-0.39, 0.29) is 0 Å². The quantitative estimate of drug-likeness (QED) is 0.0837. The minimum absolute atomic E-state index is 0.646. The third-order valence-electron chi connectivity index (χ3n) is 10.6. The van der Waals surface area contributed by atoms with Crippen LogP contribution in [0, 0.1) is 0 Å². The highest BCUT2D eigenvalue weighted by atomic mass is 16.5. The maximum absolute atomic E-state index is 6.52. The van der Waals surface area contributed by atoms with Gasteiger partial charge in [0, 0.05) is 39.6 Å². The molecule has 0 saturated carbocycles. The van der Waals surface area contributed by atoms with Crippen LogP contribution < -0.4 is 28.7 Å². The van der Waals surface area contributed by atoms with Crippen LogP contribution in [0.3, 0.4) is 0 Å². The molecule has 0 spiro atoms. The maximum Gasteiger partial charge on any atom is 0.161 e. The summed E-state index contributed by atoms with van der Waals surface area (Å²) < 4.78 is 26.0. The molecule has 4 aromatic rings. The van der Waals surface area contributed by atoms with Crippen LogP contribution in [0.15, 0.2) is 84.9 Å². The number of hydrogen-bond acceptors (Lipinski definition) is 6. The van der Waals surface area contributed by atoms with Crippen LogP contribution in [-0.4, -0.2) is 54.6 Å². The fourth-order valence-electron chi connectivity index (χ4n) is 7.17. The average molecular weight is 755 g/mol. The van der Waals surface area contributed by atoms with Crippen molar-refractivity contribution in [1.29, 1.82) is 0 Å². The number of nitrogens with zero attached hydrogens (tertiary/aromatic N) is 2. The van der Waals surface area contributed by atoms with Gasteiger partial charge in [0.05, 0.1) is 26.4 Å². The summed E-state index contributed by atoms with van der Waals surface area (Å²) in [6.07, 6.45) is 12.9. The number of fused-ring (bicyclic) bond motifs is 2. The second-order valence-electron chi connectivity index (χ2n) is 15.3. The van der Waals surface area contributed by atoms with Crippen molar-refractivity contribution in [2.75, 3.05) is 64.4 Å². The predicted octanol–water partition coefficient (Wildman–Crippen LogP) is 12.3. The molecular weight excluding hydrogens is 693 g/mol. The Morgan fingerprint density at radius 2 is 0.679 bits per heavy atom. The first kappa shape index (κ1) is 40.6. The number of hydrogen-bond donors (Lipinski definition) is 0. The summed E-state index contributed by atoms with van der Waals surface area (Å²) in [7, 11) is 8.32. The lowest BCUT2D eigenvalue weighted by Gasteiger charge is -2.18. The van der Waals surface area contributed by atoms with Gasteiger partial charge in [0.25, 0.3) is 0 Å². The van der Waals surface area contributed by atoms with Crippen molar-refractivity contribution in [3.05, 3.63) is 118 Å². The summed E-state index contributed by atoms with van der Waals surface area (Å²) in [6, 6.07) is 26.6. The predicted molar refractivity (Wildman–Crippen MR) is 237 cm³/mol. The van der Waals surface area contributed by atoms with E-state index in [4.69, 9.17) is 18.9 Å². The van der Waals surface area contributed by atoms with Crippen molar-refractivity contribution >= 4 is 33.7 Å². The largest absolute Gasteiger partial charge is 0.490 e. The van der Waals surface area contributed by atoms with Crippen molar-refractivity contribution in [3.8, 4) is 23.0 Å². The Morgan fingerprint density at radius 1 is 0.393 bits per heavy atom. The smallest absolute Gasteiger partial charge is 0.161 e. The van der Waals surface area contributed by atoms with Gasteiger partial charge in [-0.1, -0.05) is 77.6 Å². The van der Waals surface area contributed by atoms with E-state index in [9.17, 15) is 0 Å². The summed E-state index contributed by atoms with van der Waals surface area (Å²) in [6.45, 7) is 11.4. The zero-order valence-corrected chi connectivity index (χ0v) is 35.1. The highest BCUT2D eigenvalue weighted by molar-refractivity contribution is 6.16. The van der Waals surface area contributed by atoms with Crippen molar-refractivity contribution < 1.29 is 18.9 Å². The topological polar surface area (TPSA) is 43.4 Å². The van der Waals surface area contributed by atoms with Crippen LogP contribution in [0.5, 0.6) is 23.0 Å². The van der Waals surface area contributed by atoms with Gasteiger partial charge in [-0.25, -0.2) is 0 Å². The summed E-state index contributed by atoms with van der Waals surface area (Å²) in [4.78, 5) is 4.28. The van der Waals surface area contributed by atoms with E-state index in [0.29, 0.717) is 26.4 Å². The molecule has 4 aromatic carbocycles. The van der Waals surface area contributed by atoms with Gasteiger partial charge < -0.3 is 28.7 Å². The highest BCUT2D eigenvalue weighted by Crippen LogP contribution is 2.52. The molecule has 56 heavy (non-hydrogen) atoms. The number of anilines is 2. The van der Waals surface area contributed by atoms with E-state index >= 15 is 0 Å². The van der Waals surface area contributed by atoms with Crippen LogP contribution >= 0.6 is 0 Å². The van der Waals surface area contributed by atoms with Gasteiger partial charge in [-0.2, -0.15) is 0 Å². The van der Waals surface area contributed by atoms with Crippen LogP contribution in [0.2, 0.25) is 0 Å². The van der Waals surface area contributed by atoms with Gasteiger partial charge in [-0.3, -0.25) is 0 Å². The molecule has 0 heterocycles. The molecule has 0 amide bonds. The van der Waals surface area contributed by atoms with E-state index in [1.165, 1.54) is 22.5 Å². The van der Waals surface area contributed by atoms with Crippen LogP contribution in [0.1, 0.15) is 112 Å². The second kappa shape index (κ2) is 19.2. The Bertz CT molecular complexity index is 1890. The minimum Gasteiger partial charge on any atom is -0.490 e. The van der Waals surface area contributed by atoms with Crippen molar-refractivity contribution in [2.24, 2.45) is 0 Å². The molecule has 6 nitrogen and oxygen atoms in total. The molecule has 296 valence electrons. The third kappa shape index (κ3) is 9.12. The molecule has 0 saturated heterocycles. The molecule has 0 fully saturated rings. The Balaban J connectivity index is 1.60. The van der Waals surface area contributed by atoms with E-state index < -0.39 is 0 Å². The first-order valence-electron chi connectivity index (χ1n) is 20.9. The lowest BCUT2D eigenvalue weighted by Crippen LogP contribution is -2.08. The van der Waals surface area contributed by atoms with Gasteiger partial charge in [0.2, 0.25) is 0 Å². The van der Waals surface area contributed by atoms with Crippen molar-refractivity contribution in [3.63, 3.8) is 0 Å². The van der Waals surface area contributed by atoms with E-state index in [2.05, 4.69) is 151 Å². The Kier molecular flexibility index (Phi) is 13.9. The molecule has 0 atom stereocenters. The summed E-state index contributed by atoms with van der Waals surface area (Å²) >= 11 is 0. The number of unbranched alkanes of at least 4 members (excludes halogenated alkanes) is 4. The van der Waals surface area contributed by atoms with Crippen LogP contribution in [-0.2, 0) is 0 Å². The monoisotopic (exact) mass is 754 g/mol. The van der Waals surface area contributed by atoms with Crippen LogP contribution in [0.25, 0.3) is 22.3 Å². The SMILES string of the molecule is CCCCOc1cc2c(cc1OCCCC)/C(=C1\C=C(c3ccc(N(C)C)cc3)c3cc(OCCCC)c(OCCCC)cc31)C=C2c1ccc(N(C)C)cc1. The zero-order valence-electron chi connectivity index (χ0n) is 35.1. The molecule has 0 radical (unpaired) electrons. The number of rotatable bonds is 20. The standard InChI is InChI=1S/C50H62N2O4/c1-9-13-25-53-47-31-43-39(35-17-21-37(22-18-35)51(5)6)29-41(45(43)33-49(47)55-27-15-11-3)42-30-40(36-19-23-38(24-20-36)52(7)8)44-32-48(54-26-14-10-2)50(34-46(42)44)56-28-16-12-4/h17-24,29-34H,9-16,25-28H2,1-8H3/b42-41+. The fourth-order valence-corrected chi connectivity index (χ4v) is 7.17. The molecule has 6 rings (SSSR count). The maximum atomic E-state index is 6.52. The summed E-state index contributed by atoms with van der Waals surface area (Å²) in [5, 5.41) is 0. The summed E-state index contributed by atoms with van der Waals surface area (Å²) in [5.41, 5.74) is 13.9. The molecule has 0 unspecified atom stereocenters. The zero-order chi connectivity index (χ0) is 39.6. The first-order valence-corrected chi connectivity index (χ1v) is 20.9. The first-order chi connectivity index (χ1) is 27.3. The van der Waals surface area contributed by atoms with E-state index in [1.807, 2.05) is 0 Å². The van der Waals surface area contributed by atoms with Crippen molar-refractivity contribution in [1.82, 2.24) is 0 Å². The number of benzene rings is 4. The normalized spacial score (nSPS) is 14.2. The highest BCUT2D eigenvalue weighted by Gasteiger charge is 2.31. The van der Waals surface area contributed by atoms with E-state index in [1.54, 1.807) is 0 Å². The molecule has 2 aliphatic carbocycles. The number of ether oxygens (including phenoxy) is 4. The van der Waals surface area contributed by atoms with Gasteiger partial charge >= 0.3 is 0 Å². The van der Waals surface area contributed by atoms with Gasteiger partial charge in [0.1, 0.15) is 0 Å². The Hall–Kier alpha value is -5.10. The number of allylic oxidation sites excluding steroid dienone is 4. The lowest BCUT2D eigenvalue weighted by molar-refractivity contribution is 0.262. The molecule has 0 aliphatic heterocycles. The van der Waals surface area contributed by atoms with Gasteiger partial charge in [-0.05, 0) is 142 Å². The molecule has 2 aliphatic rings. The Labute approximate surface area is 336 Å². The molecule has 0 aromatic heterocycles. The minimum atomic E-state index is 0.646. The molecule has 0 N–H and O–H groups in total. The second-order valence-corrected chi connectivity index (χ2v) is 15.3. The van der Waals surface area contributed by atoms with Crippen LogP contribution in [0.4, 0.5) is 11.4 Å². The molecule has 0 bridgehead atoms. The average Bonchev–Trinajstić information content (AvgIpc) is 3.75. The summed E-state index contributed by atoms with van der Waals surface area (Å²) in [5.74, 6) is 3.21. The van der Waals surface area contributed by atoms with Gasteiger partial charge in [0.15, 0.2) is 23.0 Å². The van der Waals surface area contributed by atoms with Crippen molar-refractivity contribution in [2.45, 2.75) is 79.1 Å². The van der Waals surface area contributed by atoms with Gasteiger partial charge in [-0.15, -0.1) is 0 Å². The van der Waals surface area contributed by atoms with E-state index in [0.717, 1.165) is 119 Å². The Morgan fingerprint density at radius 3 is 0.946 bits per heavy atom. The third-order valence-corrected chi connectivity index (χ3v) is 10.6.